The lowest BCUT2D eigenvalue weighted by molar-refractivity contribution is -0.387. The number of halogens is 2. The summed E-state index contributed by atoms with van der Waals surface area (Å²) in [6.07, 6.45) is 12.0. The van der Waals surface area contributed by atoms with Crippen LogP contribution in [0, 0.1) is 34.1 Å². The molecule has 0 unspecified atom stereocenters. The number of hydrogen-bond acceptors (Lipinski definition) is 5. The first kappa shape index (κ1) is 19.8. The number of benzene rings is 1. The van der Waals surface area contributed by atoms with Crippen molar-refractivity contribution in [3.63, 3.8) is 0 Å². The molecule has 1 aromatic carbocycles. The Balaban J connectivity index is 0.000000705. The number of ether oxygens (including phenoxy) is 1. The topological polar surface area (TPSA) is 68.0 Å². The fraction of sp³-hybridized carbons (Fsp3) is 0.235. The lowest BCUT2D eigenvalue weighted by Gasteiger charge is -2.17. The van der Waals surface area contributed by atoms with Gasteiger partial charge in [-0.05, 0) is 19.1 Å². The van der Waals surface area contributed by atoms with Crippen molar-refractivity contribution in [3.8, 4) is 18.1 Å². The van der Waals surface area contributed by atoms with E-state index >= 15 is 0 Å². The normalized spacial score (nSPS) is 12.9. The second-order valence-electron chi connectivity index (χ2n) is 4.57. The SMILES string of the molecule is C#CCC.C/C=N\N1C=CC(Oc2cc(F)c([N+](=O)[O-])cc2F)=CC1. The van der Waals surface area contributed by atoms with E-state index in [2.05, 4.69) is 11.0 Å². The van der Waals surface area contributed by atoms with Crippen molar-refractivity contribution >= 4 is 11.9 Å². The molecule has 0 amide bonds. The van der Waals surface area contributed by atoms with Gasteiger partial charge < -0.3 is 4.74 Å². The van der Waals surface area contributed by atoms with Crippen molar-refractivity contribution in [3.05, 3.63) is 58.0 Å². The van der Waals surface area contributed by atoms with Gasteiger partial charge in [-0.2, -0.15) is 9.49 Å². The minimum Gasteiger partial charge on any atom is -0.454 e. The Morgan fingerprint density at radius 3 is 2.64 bits per heavy atom. The van der Waals surface area contributed by atoms with Gasteiger partial charge in [0.2, 0.25) is 5.82 Å². The second kappa shape index (κ2) is 9.82. The maximum atomic E-state index is 13.7. The zero-order chi connectivity index (χ0) is 18.8. The Morgan fingerprint density at radius 1 is 1.48 bits per heavy atom. The smallest absolute Gasteiger partial charge is 0.307 e. The van der Waals surface area contributed by atoms with Crippen molar-refractivity contribution < 1.29 is 18.4 Å². The maximum absolute atomic E-state index is 13.7. The number of nitrogens with zero attached hydrogens (tertiary/aromatic N) is 3. The van der Waals surface area contributed by atoms with Crippen molar-refractivity contribution in [1.29, 1.82) is 0 Å². The van der Waals surface area contributed by atoms with Gasteiger partial charge in [0.1, 0.15) is 5.76 Å². The molecule has 132 valence electrons. The molecule has 0 spiro atoms. The van der Waals surface area contributed by atoms with E-state index in [0.29, 0.717) is 24.4 Å². The first-order valence-electron chi connectivity index (χ1n) is 7.31. The zero-order valence-corrected chi connectivity index (χ0v) is 13.8. The molecule has 8 heteroatoms. The first-order valence-corrected chi connectivity index (χ1v) is 7.31. The van der Waals surface area contributed by atoms with E-state index in [1.165, 1.54) is 6.08 Å². The molecule has 2 rings (SSSR count). The molecule has 25 heavy (non-hydrogen) atoms. The number of hydrogen-bond donors (Lipinski definition) is 0. The van der Waals surface area contributed by atoms with Gasteiger partial charge in [0.05, 0.1) is 17.5 Å². The Bertz CT molecular complexity index is 752. The Labute approximate surface area is 144 Å². The molecular formula is C17H17F2N3O3. The summed E-state index contributed by atoms with van der Waals surface area (Å²) in [4.78, 5) is 9.49. The van der Waals surface area contributed by atoms with Crippen molar-refractivity contribution in [1.82, 2.24) is 5.01 Å². The van der Waals surface area contributed by atoms with Crippen molar-refractivity contribution in [2.45, 2.75) is 20.3 Å². The minimum atomic E-state index is -1.16. The highest BCUT2D eigenvalue weighted by molar-refractivity contribution is 5.53. The van der Waals surface area contributed by atoms with E-state index in [1.807, 2.05) is 6.92 Å². The largest absolute Gasteiger partial charge is 0.454 e. The van der Waals surface area contributed by atoms with Crippen LogP contribution in [0.3, 0.4) is 0 Å². The van der Waals surface area contributed by atoms with E-state index in [-0.39, 0.29) is 0 Å². The predicted molar refractivity (Wildman–Crippen MR) is 90.9 cm³/mol. The third-order valence-corrected chi connectivity index (χ3v) is 2.78. The van der Waals surface area contributed by atoms with Gasteiger partial charge in [0, 0.05) is 24.9 Å². The summed E-state index contributed by atoms with van der Waals surface area (Å²) in [5, 5.41) is 16.1. The molecule has 1 aromatic rings. The fourth-order valence-electron chi connectivity index (χ4n) is 1.64. The standard InChI is InChI=1S/C13H11F2N3O3.C4H6/c1-2-16-17-5-3-9(4-6-17)21-13-8-10(14)12(18(19)20)7-11(13)15;1-3-4-2/h2-5,7-8H,6H2,1H3;1H,4H2,2H3/b16-2-;. The molecule has 1 aliphatic rings. The van der Waals surface area contributed by atoms with Gasteiger partial charge >= 0.3 is 5.69 Å². The number of nitro benzene ring substituents is 1. The van der Waals surface area contributed by atoms with Crippen LogP contribution in [-0.2, 0) is 0 Å². The fourth-order valence-corrected chi connectivity index (χ4v) is 1.64. The molecule has 0 bridgehead atoms. The number of hydrazone groups is 1. The van der Waals surface area contributed by atoms with Crippen molar-refractivity contribution in [2.75, 3.05) is 6.54 Å². The summed E-state index contributed by atoms with van der Waals surface area (Å²) in [6, 6.07) is 1.14. The molecule has 0 aliphatic carbocycles. The van der Waals surface area contributed by atoms with Gasteiger partial charge in [-0.25, -0.2) is 4.39 Å². The summed E-state index contributed by atoms with van der Waals surface area (Å²) in [7, 11) is 0. The summed E-state index contributed by atoms with van der Waals surface area (Å²) < 4.78 is 32.3. The Morgan fingerprint density at radius 2 is 2.16 bits per heavy atom. The third-order valence-electron chi connectivity index (χ3n) is 2.78. The van der Waals surface area contributed by atoms with E-state index in [1.54, 1.807) is 30.4 Å². The molecule has 0 aromatic heterocycles. The molecule has 0 radical (unpaired) electrons. The molecule has 0 N–H and O–H groups in total. The van der Waals surface area contributed by atoms with Gasteiger partial charge in [0.25, 0.3) is 0 Å². The third kappa shape index (κ3) is 6.06. The second-order valence-corrected chi connectivity index (χ2v) is 4.57. The number of rotatable bonds is 4. The molecular weight excluding hydrogens is 332 g/mol. The Kier molecular flexibility index (Phi) is 7.79. The lowest BCUT2D eigenvalue weighted by atomic mass is 10.2. The average molecular weight is 349 g/mol. The highest BCUT2D eigenvalue weighted by Gasteiger charge is 2.20. The quantitative estimate of drug-likeness (QED) is 0.357. The van der Waals surface area contributed by atoms with E-state index < -0.39 is 28.0 Å². The molecule has 0 saturated carbocycles. The molecule has 6 nitrogen and oxygen atoms in total. The zero-order valence-electron chi connectivity index (χ0n) is 13.8. The van der Waals surface area contributed by atoms with E-state index in [9.17, 15) is 18.9 Å². The summed E-state index contributed by atoms with van der Waals surface area (Å²) in [5.74, 6) is 0.145. The van der Waals surface area contributed by atoms with Crippen LogP contribution in [0.1, 0.15) is 20.3 Å². The van der Waals surface area contributed by atoms with Gasteiger partial charge in [-0.1, -0.05) is 6.92 Å². The van der Waals surface area contributed by atoms with Crippen LogP contribution in [-0.4, -0.2) is 22.7 Å². The summed E-state index contributed by atoms with van der Waals surface area (Å²) in [5.41, 5.74) is -0.934. The summed E-state index contributed by atoms with van der Waals surface area (Å²) >= 11 is 0. The van der Waals surface area contributed by atoms with Crippen LogP contribution in [0.5, 0.6) is 5.75 Å². The van der Waals surface area contributed by atoms with Crippen LogP contribution in [0.25, 0.3) is 0 Å². The predicted octanol–water partition coefficient (Wildman–Crippen LogP) is 4.00. The maximum Gasteiger partial charge on any atom is 0.307 e. The van der Waals surface area contributed by atoms with Crippen molar-refractivity contribution in [2.24, 2.45) is 5.10 Å². The minimum absolute atomic E-state index is 0.296. The average Bonchev–Trinajstić information content (AvgIpc) is 2.59. The highest BCUT2D eigenvalue weighted by atomic mass is 19.1. The van der Waals surface area contributed by atoms with Crippen LogP contribution in [0.2, 0.25) is 0 Å². The lowest BCUT2D eigenvalue weighted by Crippen LogP contribution is -2.15. The first-order chi connectivity index (χ1) is 11.9. The summed E-state index contributed by atoms with van der Waals surface area (Å²) in [6.45, 7) is 4.12. The van der Waals surface area contributed by atoms with Crippen LogP contribution in [0.15, 0.2) is 41.3 Å². The number of allylic oxidation sites excluding steroid dienone is 1. The molecule has 0 atom stereocenters. The molecule has 1 aliphatic heterocycles. The van der Waals surface area contributed by atoms with E-state index in [4.69, 9.17) is 11.2 Å². The number of terminal acetylenes is 1. The number of nitro groups is 1. The van der Waals surface area contributed by atoms with Gasteiger partial charge in [-0.3, -0.25) is 15.1 Å². The van der Waals surface area contributed by atoms with Crippen LogP contribution < -0.4 is 4.74 Å². The monoisotopic (exact) mass is 349 g/mol. The molecule has 0 fully saturated rings. The van der Waals surface area contributed by atoms with Gasteiger partial charge in [0.15, 0.2) is 11.6 Å². The highest BCUT2D eigenvalue weighted by Crippen LogP contribution is 2.28. The molecule has 1 heterocycles. The van der Waals surface area contributed by atoms with Gasteiger partial charge in [-0.15, -0.1) is 12.3 Å². The van der Waals surface area contributed by atoms with Crippen LogP contribution >= 0.6 is 0 Å². The van der Waals surface area contributed by atoms with E-state index in [0.717, 1.165) is 6.42 Å². The van der Waals surface area contributed by atoms with Crippen LogP contribution in [0.4, 0.5) is 14.5 Å². The molecule has 0 saturated heterocycles. The Hall–Kier alpha value is -3.21.